The zero-order valence-electron chi connectivity index (χ0n) is 10.5. The van der Waals surface area contributed by atoms with Crippen LogP contribution in [0.3, 0.4) is 0 Å². The molecule has 1 amide bonds. The summed E-state index contributed by atoms with van der Waals surface area (Å²) in [5.74, 6) is -0.0927. The highest BCUT2D eigenvalue weighted by molar-refractivity contribution is 7.09. The predicted molar refractivity (Wildman–Crippen MR) is 75.7 cm³/mol. The summed E-state index contributed by atoms with van der Waals surface area (Å²) in [4.78, 5) is 13.0. The third-order valence-corrected chi connectivity index (χ3v) is 3.58. The Morgan fingerprint density at radius 1 is 1.47 bits per heavy atom. The van der Waals surface area contributed by atoms with Gasteiger partial charge in [-0.15, -0.1) is 23.7 Å². The maximum Gasteiger partial charge on any atom is 0.224 e. The van der Waals surface area contributed by atoms with Crippen LogP contribution in [0.1, 0.15) is 25.6 Å². The summed E-state index contributed by atoms with van der Waals surface area (Å²) in [6.45, 7) is 5.73. The lowest BCUT2D eigenvalue weighted by molar-refractivity contribution is -0.125. The number of hydrogen-bond donors (Lipinski definition) is 2. The van der Waals surface area contributed by atoms with Crippen molar-refractivity contribution in [2.75, 3.05) is 0 Å². The van der Waals surface area contributed by atoms with Crippen LogP contribution in [0.2, 0.25) is 0 Å². The van der Waals surface area contributed by atoms with Crippen molar-refractivity contribution in [2.45, 2.75) is 39.3 Å². The molecule has 0 fully saturated rings. The van der Waals surface area contributed by atoms with E-state index in [1.807, 2.05) is 26.8 Å². The summed E-state index contributed by atoms with van der Waals surface area (Å²) in [7, 11) is 0. The molecular weight excluding hydrogens is 256 g/mol. The van der Waals surface area contributed by atoms with Crippen molar-refractivity contribution in [3.05, 3.63) is 22.4 Å². The molecule has 3 nitrogen and oxygen atoms in total. The van der Waals surface area contributed by atoms with Gasteiger partial charge in [-0.1, -0.05) is 13.0 Å². The van der Waals surface area contributed by atoms with Crippen LogP contribution < -0.4 is 11.1 Å². The minimum atomic E-state index is -0.134. The molecule has 3 atom stereocenters. The van der Waals surface area contributed by atoms with Crippen molar-refractivity contribution >= 4 is 29.7 Å². The summed E-state index contributed by atoms with van der Waals surface area (Å²) in [6, 6.07) is 4.17. The Morgan fingerprint density at radius 2 is 2.12 bits per heavy atom. The number of halogens is 1. The second-order valence-corrected chi connectivity index (χ2v) is 5.37. The van der Waals surface area contributed by atoms with Crippen molar-refractivity contribution in [1.82, 2.24) is 5.32 Å². The number of amides is 1. The highest BCUT2D eigenvalue weighted by atomic mass is 35.5. The van der Waals surface area contributed by atoms with E-state index < -0.39 is 0 Å². The molecule has 0 aromatic carbocycles. The van der Waals surface area contributed by atoms with Gasteiger partial charge in [-0.3, -0.25) is 4.79 Å². The fraction of sp³-hybridized carbons (Fsp3) is 0.583. The number of nitrogens with one attached hydrogen (secondary N) is 1. The van der Waals surface area contributed by atoms with Crippen molar-refractivity contribution in [3.63, 3.8) is 0 Å². The normalized spacial score (nSPS) is 15.5. The average Bonchev–Trinajstić information content (AvgIpc) is 2.68. The maximum atomic E-state index is 11.7. The first-order valence-corrected chi connectivity index (χ1v) is 6.47. The van der Waals surface area contributed by atoms with Crippen LogP contribution in [0.25, 0.3) is 0 Å². The molecule has 5 heteroatoms. The van der Waals surface area contributed by atoms with Crippen LogP contribution in [0.5, 0.6) is 0 Å². The first-order chi connectivity index (χ1) is 7.50. The molecule has 0 spiro atoms. The zero-order valence-corrected chi connectivity index (χ0v) is 12.1. The Bertz CT molecular complexity index is 327. The van der Waals surface area contributed by atoms with Crippen molar-refractivity contribution < 1.29 is 4.79 Å². The Labute approximate surface area is 113 Å². The Morgan fingerprint density at radius 3 is 2.59 bits per heavy atom. The van der Waals surface area contributed by atoms with Crippen LogP contribution in [-0.2, 0) is 11.2 Å². The average molecular weight is 277 g/mol. The van der Waals surface area contributed by atoms with Crippen molar-refractivity contribution in [3.8, 4) is 0 Å². The molecule has 1 aromatic rings. The molecule has 0 saturated heterocycles. The van der Waals surface area contributed by atoms with E-state index in [4.69, 9.17) is 5.73 Å². The van der Waals surface area contributed by atoms with Gasteiger partial charge < -0.3 is 11.1 Å². The summed E-state index contributed by atoms with van der Waals surface area (Å²) in [6.07, 6.45) is 0.884. The first-order valence-electron chi connectivity index (χ1n) is 5.59. The van der Waals surface area contributed by atoms with Gasteiger partial charge in [0, 0.05) is 29.3 Å². The van der Waals surface area contributed by atoms with Gasteiger partial charge in [0.25, 0.3) is 0 Å². The van der Waals surface area contributed by atoms with E-state index in [-0.39, 0.29) is 36.3 Å². The lowest BCUT2D eigenvalue weighted by atomic mass is 10.0. The third kappa shape index (κ3) is 5.52. The Hall–Kier alpha value is -0.580. The fourth-order valence-electron chi connectivity index (χ4n) is 1.39. The number of carbonyl (C=O) groups excluding carboxylic acids is 1. The molecule has 0 bridgehead atoms. The number of hydrogen-bond acceptors (Lipinski definition) is 3. The van der Waals surface area contributed by atoms with Gasteiger partial charge in [0.15, 0.2) is 0 Å². The number of nitrogens with two attached hydrogens (primary N) is 1. The first kappa shape index (κ1) is 16.4. The molecule has 1 rings (SSSR count). The molecule has 1 aromatic heterocycles. The van der Waals surface area contributed by atoms with Gasteiger partial charge in [-0.05, 0) is 25.3 Å². The second kappa shape index (κ2) is 7.69. The molecule has 0 aliphatic rings. The SMILES string of the molecule is CC(Cc1cccs1)NC(=O)C(C)C(C)N.Cl. The summed E-state index contributed by atoms with van der Waals surface area (Å²) in [5, 5.41) is 5.04. The Balaban J connectivity index is 0.00000256. The third-order valence-electron chi connectivity index (χ3n) is 2.68. The quantitative estimate of drug-likeness (QED) is 0.866. The molecule has 0 saturated carbocycles. The lowest BCUT2D eigenvalue weighted by Crippen LogP contribution is -2.42. The Kier molecular flexibility index (Phi) is 7.43. The minimum absolute atomic E-state index is 0. The van der Waals surface area contributed by atoms with E-state index in [1.165, 1.54) is 4.88 Å². The molecule has 0 radical (unpaired) electrons. The number of carbonyl (C=O) groups is 1. The largest absolute Gasteiger partial charge is 0.353 e. The van der Waals surface area contributed by atoms with Crippen LogP contribution in [0, 0.1) is 5.92 Å². The van der Waals surface area contributed by atoms with Gasteiger partial charge >= 0.3 is 0 Å². The molecule has 1 heterocycles. The monoisotopic (exact) mass is 276 g/mol. The molecule has 98 valence electrons. The molecular formula is C12H21ClN2OS. The van der Waals surface area contributed by atoms with E-state index in [2.05, 4.69) is 16.8 Å². The smallest absolute Gasteiger partial charge is 0.224 e. The van der Waals surface area contributed by atoms with Crippen molar-refractivity contribution in [2.24, 2.45) is 11.7 Å². The molecule has 0 aliphatic heterocycles. The minimum Gasteiger partial charge on any atom is -0.353 e. The molecule has 3 unspecified atom stereocenters. The number of thiophene rings is 1. The van der Waals surface area contributed by atoms with Gasteiger partial charge in [-0.25, -0.2) is 0 Å². The summed E-state index contributed by atoms with van der Waals surface area (Å²) in [5.41, 5.74) is 5.69. The molecule has 3 N–H and O–H groups in total. The lowest BCUT2D eigenvalue weighted by Gasteiger charge is -2.19. The second-order valence-electron chi connectivity index (χ2n) is 4.34. The highest BCUT2D eigenvalue weighted by Gasteiger charge is 2.18. The van der Waals surface area contributed by atoms with E-state index in [1.54, 1.807) is 11.3 Å². The van der Waals surface area contributed by atoms with Gasteiger partial charge in [0.2, 0.25) is 5.91 Å². The summed E-state index contributed by atoms with van der Waals surface area (Å²) >= 11 is 1.72. The predicted octanol–water partition coefficient (Wildman–Crippen LogP) is 2.20. The van der Waals surface area contributed by atoms with Gasteiger partial charge in [0.05, 0.1) is 0 Å². The fourth-order valence-corrected chi connectivity index (χ4v) is 2.23. The van der Waals surface area contributed by atoms with E-state index in [9.17, 15) is 4.79 Å². The number of rotatable bonds is 5. The van der Waals surface area contributed by atoms with Crippen molar-refractivity contribution in [1.29, 1.82) is 0 Å². The van der Waals surface area contributed by atoms with Crippen LogP contribution >= 0.6 is 23.7 Å². The maximum absolute atomic E-state index is 11.7. The highest BCUT2D eigenvalue weighted by Crippen LogP contribution is 2.11. The van der Waals surface area contributed by atoms with E-state index in [0.717, 1.165) is 6.42 Å². The van der Waals surface area contributed by atoms with Crippen LogP contribution in [0.15, 0.2) is 17.5 Å². The van der Waals surface area contributed by atoms with Gasteiger partial charge in [-0.2, -0.15) is 0 Å². The molecule has 17 heavy (non-hydrogen) atoms. The summed E-state index contributed by atoms with van der Waals surface area (Å²) < 4.78 is 0. The zero-order chi connectivity index (χ0) is 12.1. The van der Waals surface area contributed by atoms with E-state index in [0.29, 0.717) is 0 Å². The topological polar surface area (TPSA) is 55.1 Å². The molecule has 0 aliphatic carbocycles. The van der Waals surface area contributed by atoms with E-state index >= 15 is 0 Å². The van der Waals surface area contributed by atoms with Crippen LogP contribution in [0.4, 0.5) is 0 Å². The van der Waals surface area contributed by atoms with Gasteiger partial charge in [0.1, 0.15) is 0 Å². The standard InChI is InChI=1S/C12H20N2OS.ClH/c1-8(7-11-5-4-6-16-11)14-12(15)9(2)10(3)13;/h4-6,8-10H,7,13H2,1-3H3,(H,14,15);1H. The van der Waals surface area contributed by atoms with Crippen LogP contribution in [-0.4, -0.2) is 18.0 Å².